The predicted molar refractivity (Wildman–Crippen MR) is 224 cm³/mol. The van der Waals surface area contributed by atoms with Gasteiger partial charge < -0.3 is 0 Å². The molecule has 0 unspecified atom stereocenters. The average molecular weight is 799 g/mol. The zero-order valence-electron chi connectivity index (χ0n) is 31.2. The Hall–Kier alpha value is -2.22. The molecule has 0 aliphatic rings. The molecule has 0 saturated heterocycles. The van der Waals surface area contributed by atoms with Gasteiger partial charge in [-0.05, 0) is 60.8 Å². The Morgan fingerprint density at radius 2 is 0.880 bits per heavy atom. The topological polar surface area (TPSA) is 0 Å². The number of benzene rings is 4. The van der Waals surface area contributed by atoms with Crippen LogP contribution in [0.3, 0.4) is 0 Å². The first-order valence-electron chi connectivity index (χ1n) is 18.6. The van der Waals surface area contributed by atoms with Crippen LogP contribution in [0.2, 0.25) is 13.1 Å². The van der Waals surface area contributed by atoms with Gasteiger partial charge in [0.05, 0.1) is 0 Å². The van der Waals surface area contributed by atoms with E-state index in [1.54, 1.807) is 0 Å². The van der Waals surface area contributed by atoms with Crippen molar-refractivity contribution in [2.45, 2.75) is 105 Å². The molecule has 0 bridgehead atoms. The van der Waals surface area contributed by atoms with E-state index < -0.39 is 20.8 Å². The van der Waals surface area contributed by atoms with Crippen molar-refractivity contribution >= 4 is 48.1 Å². The standard InChI is InChI=1S/2C22H25.C2H6Si.2ClH.Zr/c2*1-3-5-8-17-11-13-19(14-12-17)21-10-6-9-20-15-18(7-4-2)16-22(20)21;1-3-2;;;/h2*6,9-16H,3-5,7-8H2,1-2H3;1-2H3;2*1H;/q2*-1;;;;+4/p-2. The number of rotatable bonds is 12. The van der Waals surface area contributed by atoms with Crippen molar-refractivity contribution in [2.75, 3.05) is 0 Å². The Morgan fingerprint density at radius 3 is 1.20 bits per heavy atom. The van der Waals surface area contributed by atoms with Crippen molar-refractivity contribution in [2.24, 2.45) is 0 Å². The summed E-state index contributed by atoms with van der Waals surface area (Å²) in [6, 6.07) is 41.1. The molecule has 2 radical (unpaired) electrons. The summed E-state index contributed by atoms with van der Waals surface area (Å²) in [4.78, 5) is 0. The third kappa shape index (κ3) is 13.1. The van der Waals surface area contributed by atoms with Crippen molar-refractivity contribution in [3.63, 3.8) is 0 Å². The van der Waals surface area contributed by atoms with Gasteiger partial charge in [-0.1, -0.05) is 138 Å². The summed E-state index contributed by atoms with van der Waals surface area (Å²) in [6.07, 6.45) is 12.2. The molecule has 0 amide bonds. The van der Waals surface area contributed by atoms with Gasteiger partial charge in [-0.2, -0.15) is 12.1 Å². The molecule has 0 nitrogen and oxygen atoms in total. The molecule has 0 spiro atoms. The van der Waals surface area contributed by atoms with Gasteiger partial charge in [0.1, 0.15) is 0 Å². The SMILES string of the molecule is CCCCc1ccc(-c2cccc3[cH-]c(CCC)cc23)cc1.CCCCc1ccc(-c2cccc3[cH-]c(CCC)cc23)cc1.C[Si]C.[Cl][Zr+2][Cl]. The molecule has 0 aliphatic heterocycles. The van der Waals surface area contributed by atoms with Gasteiger partial charge in [0.2, 0.25) is 0 Å². The second-order valence-corrected chi connectivity index (χ2v) is 17.7. The molecule has 0 heterocycles. The number of fused-ring (bicyclic) bond motifs is 2. The van der Waals surface area contributed by atoms with Crippen molar-refractivity contribution < 1.29 is 20.8 Å². The van der Waals surface area contributed by atoms with Crippen LogP contribution in [-0.4, -0.2) is 9.52 Å². The van der Waals surface area contributed by atoms with Gasteiger partial charge in [-0.15, -0.1) is 69.1 Å². The average Bonchev–Trinajstić information content (AvgIpc) is 3.75. The van der Waals surface area contributed by atoms with Crippen molar-refractivity contribution in [1.29, 1.82) is 0 Å². The van der Waals surface area contributed by atoms with Crippen LogP contribution in [0, 0.1) is 0 Å². The quantitative estimate of drug-likeness (QED) is 0.0854. The molecule has 6 aromatic rings. The van der Waals surface area contributed by atoms with Gasteiger partial charge >= 0.3 is 37.9 Å². The van der Waals surface area contributed by atoms with Crippen molar-refractivity contribution in [1.82, 2.24) is 0 Å². The zero-order chi connectivity index (χ0) is 36.1. The van der Waals surface area contributed by atoms with Gasteiger partial charge in [0.25, 0.3) is 0 Å². The third-order valence-corrected chi connectivity index (χ3v) is 8.87. The van der Waals surface area contributed by atoms with Gasteiger partial charge in [0, 0.05) is 9.52 Å². The maximum absolute atomic E-state index is 4.93. The number of hydrogen-bond donors (Lipinski definition) is 0. The van der Waals surface area contributed by atoms with Crippen molar-refractivity contribution in [3.05, 3.63) is 131 Å². The van der Waals surface area contributed by atoms with E-state index in [1.807, 2.05) is 0 Å². The van der Waals surface area contributed by atoms with Gasteiger partial charge in [0.15, 0.2) is 0 Å². The Balaban J connectivity index is 0.000000234. The molecular formula is C46H56Cl2SiZr. The fourth-order valence-corrected chi connectivity index (χ4v) is 6.43. The first kappa shape index (κ1) is 42.2. The Bertz CT molecular complexity index is 1650. The summed E-state index contributed by atoms with van der Waals surface area (Å²) in [5.74, 6) is 0. The normalized spacial score (nSPS) is 10.4. The van der Waals surface area contributed by atoms with Crippen LogP contribution in [0.25, 0.3) is 43.8 Å². The molecule has 4 heteroatoms. The van der Waals surface area contributed by atoms with Crippen LogP contribution in [0.15, 0.2) is 109 Å². The van der Waals surface area contributed by atoms with Crippen LogP contribution >= 0.6 is 17.0 Å². The molecule has 0 N–H and O–H groups in total. The van der Waals surface area contributed by atoms with Gasteiger partial charge in [-0.25, -0.2) is 0 Å². The molecule has 0 aromatic heterocycles. The second kappa shape index (κ2) is 24.1. The molecule has 6 rings (SSSR count). The van der Waals surface area contributed by atoms with E-state index in [0.29, 0.717) is 0 Å². The molecule has 0 fully saturated rings. The molecule has 0 atom stereocenters. The number of hydrogen-bond acceptors (Lipinski definition) is 0. The maximum atomic E-state index is 4.93. The Kier molecular flexibility index (Phi) is 20.3. The first-order valence-corrected chi connectivity index (χ1v) is 26.9. The first-order chi connectivity index (χ1) is 24.5. The summed E-state index contributed by atoms with van der Waals surface area (Å²) in [6.45, 7) is 13.3. The number of unbranched alkanes of at least 4 members (excludes halogenated alkanes) is 2. The zero-order valence-corrected chi connectivity index (χ0v) is 36.2. The van der Waals surface area contributed by atoms with E-state index in [2.05, 4.69) is 150 Å². The van der Waals surface area contributed by atoms with E-state index >= 15 is 0 Å². The van der Waals surface area contributed by atoms with Crippen LogP contribution in [0.4, 0.5) is 0 Å². The molecule has 262 valence electrons. The number of halogens is 2. The summed E-state index contributed by atoms with van der Waals surface area (Å²) in [7, 11) is 11.0. The van der Waals surface area contributed by atoms with E-state index in [4.69, 9.17) is 17.0 Å². The Morgan fingerprint density at radius 1 is 0.520 bits per heavy atom. The summed E-state index contributed by atoms with van der Waals surface area (Å²) < 4.78 is 0. The summed E-state index contributed by atoms with van der Waals surface area (Å²) in [5.41, 5.74) is 11.2. The molecule has 0 aliphatic carbocycles. The van der Waals surface area contributed by atoms with Crippen LogP contribution in [-0.2, 0) is 46.5 Å². The van der Waals surface area contributed by atoms with Crippen LogP contribution in [0.5, 0.6) is 0 Å². The van der Waals surface area contributed by atoms with E-state index in [0.717, 1.165) is 9.52 Å². The monoisotopic (exact) mass is 796 g/mol. The second-order valence-electron chi connectivity index (χ2n) is 13.0. The van der Waals surface area contributed by atoms with E-state index in [1.165, 1.54) is 130 Å². The predicted octanol–water partition coefficient (Wildman–Crippen LogP) is 15.2. The fourth-order valence-electron chi connectivity index (χ4n) is 6.43. The van der Waals surface area contributed by atoms with Gasteiger partial charge in [-0.3, -0.25) is 0 Å². The minimum atomic E-state index is -0.826. The van der Waals surface area contributed by atoms with Crippen LogP contribution in [0.1, 0.15) is 88.5 Å². The van der Waals surface area contributed by atoms with Crippen LogP contribution < -0.4 is 0 Å². The molecule has 6 aromatic carbocycles. The van der Waals surface area contributed by atoms with Crippen molar-refractivity contribution in [3.8, 4) is 22.3 Å². The molecular weight excluding hydrogens is 743 g/mol. The Labute approximate surface area is 325 Å². The summed E-state index contributed by atoms with van der Waals surface area (Å²) >= 11 is -0.826. The third-order valence-electron chi connectivity index (χ3n) is 8.87. The van der Waals surface area contributed by atoms with E-state index in [9.17, 15) is 0 Å². The number of aryl methyl sites for hydroxylation is 4. The van der Waals surface area contributed by atoms with E-state index in [-0.39, 0.29) is 0 Å². The summed E-state index contributed by atoms with van der Waals surface area (Å²) in [5, 5.41) is 5.53. The molecule has 50 heavy (non-hydrogen) atoms. The molecule has 0 saturated carbocycles. The fraction of sp³-hybridized carbons (Fsp3) is 0.348. The minimum absolute atomic E-state index is 0.826.